The average Bonchev–Trinajstić information content (AvgIpc) is 2.54. The van der Waals surface area contributed by atoms with Crippen molar-refractivity contribution in [3.05, 3.63) is 78.9 Å². The summed E-state index contributed by atoms with van der Waals surface area (Å²) in [6.07, 6.45) is 3.02. The van der Waals surface area contributed by atoms with E-state index in [4.69, 9.17) is 0 Å². The van der Waals surface area contributed by atoms with Gasteiger partial charge in [0.15, 0.2) is 0 Å². The number of hydrogen-bond donors (Lipinski definition) is 1. The van der Waals surface area contributed by atoms with Crippen LogP contribution in [-0.4, -0.2) is 20.5 Å². The molecule has 0 aliphatic carbocycles. The molecular weight excluding hydrogens is 321 g/mol. The predicted octanol–water partition coefficient (Wildman–Crippen LogP) is 3.56. The molecule has 1 N–H and O–H groups in total. The third kappa shape index (κ3) is 5.51. The van der Waals surface area contributed by atoms with Crippen LogP contribution in [0.2, 0.25) is 5.32 Å². The van der Waals surface area contributed by atoms with Gasteiger partial charge in [0.1, 0.15) is 0 Å². The van der Waals surface area contributed by atoms with Crippen LogP contribution in [0.1, 0.15) is 18.9 Å². The Morgan fingerprint density at radius 1 is 1.05 bits per heavy atom. The molecule has 2 aromatic rings. The summed E-state index contributed by atoms with van der Waals surface area (Å²) in [5.74, 6) is 0. The third-order valence-electron chi connectivity index (χ3n) is 3.46. The Labute approximate surface area is 134 Å². The van der Waals surface area contributed by atoms with Crippen molar-refractivity contribution in [3.63, 3.8) is 0 Å². The predicted molar refractivity (Wildman–Crippen MR) is 93.1 cm³/mol. The molecule has 1 atom stereocenters. The van der Waals surface area contributed by atoms with Crippen LogP contribution in [0.3, 0.4) is 0 Å². The summed E-state index contributed by atoms with van der Waals surface area (Å²) in [5.41, 5.74) is 1.45. The Bertz CT molecular complexity index is 493. The van der Waals surface area contributed by atoms with Crippen LogP contribution in [0.25, 0.3) is 0 Å². The number of hydrogen-bond acceptors (Lipinski definition) is 1. The van der Waals surface area contributed by atoms with E-state index in [0.29, 0.717) is 15.0 Å². The van der Waals surface area contributed by atoms with Gasteiger partial charge < -0.3 is 0 Å². The molecule has 0 heterocycles. The van der Waals surface area contributed by atoms with Gasteiger partial charge in [0, 0.05) is 0 Å². The molecular formula is C19H23NSe. The molecule has 1 nitrogen and oxygen atoms in total. The summed E-state index contributed by atoms with van der Waals surface area (Å²) < 4.78 is 1.46. The SMILES string of the molecule is C=CCC(C)(C[Se]c1ccccc1)NCc1ccccc1. The summed E-state index contributed by atoms with van der Waals surface area (Å²) in [5, 5.41) is 4.90. The Morgan fingerprint density at radius 3 is 2.29 bits per heavy atom. The van der Waals surface area contributed by atoms with Gasteiger partial charge in [-0.15, -0.1) is 0 Å². The van der Waals surface area contributed by atoms with E-state index in [1.54, 1.807) is 0 Å². The van der Waals surface area contributed by atoms with Crippen LogP contribution in [0.15, 0.2) is 73.3 Å². The summed E-state index contributed by atoms with van der Waals surface area (Å²) in [4.78, 5) is 0. The van der Waals surface area contributed by atoms with Crippen LogP contribution in [0.4, 0.5) is 0 Å². The maximum atomic E-state index is 3.92. The van der Waals surface area contributed by atoms with Crippen molar-refractivity contribution < 1.29 is 0 Å². The van der Waals surface area contributed by atoms with Crippen molar-refractivity contribution >= 4 is 19.4 Å². The first-order valence-electron chi connectivity index (χ1n) is 7.29. The van der Waals surface area contributed by atoms with Crippen molar-refractivity contribution in [2.75, 3.05) is 0 Å². The Balaban J connectivity index is 1.93. The van der Waals surface area contributed by atoms with Gasteiger partial charge in [-0.25, -0.2) is 0 Å². The second-order valence-corrected chi connectivity index (χ2v) is 7.69. The molecule has 0 aliphatic rings. The Morgan fingerprint density at radius 2 is 1.67 bits per heavy atom. The molecule has 0 saturated heterocycles. The second-order valence-electron chi connectivity index (χ2n) is 5.49. The van der Waals surface area contributed by atoms with Gasteiger partial charge in [-0.05, 0) is 0 Å². The minimum absolute atomic E-state index is 0.118. The monoisotopic (exact) mass is 345 g/mol. The number of nitrogens with one attached hydrogen (secondary N) is 1. The molecule has 0 fully saturated rings. The molecule has 0 spiro atoms. The third-order valence-corrected chi connectivity index (χ3v) is 6.37. The van der Waals surface area contributed by atoms with Crippen LogP contribution in [0, 0.1) is 0 Å². The zero-order valence-electron chi connectivity index (χ0n) is 12.6. The fourth-order valence-corrected chi connectivity index (χ4v) is 4.38. The van der Waals surface area contributed by atoms with Gasteiger partial charge in [-0.3, -0.25) is 0 Å². The van der Waals surface area contributed by atoms with E-state index < -0.39 is 0 Å². The first kappa shape index (κ1) is 16.0. The number of benzene rings is 2. The first-order valence-corrected chi connectivity index (χ1v) is 9.36. The molecule has 2 aromatic carbocycles. The van der Waals surface area contributed by atoms with Crippen molar-refractivity contribution in [1.82, 2.24) is 5.32 Å². The molecule has 0 radical (unpaired) electrons. The summed E-state index contributed by atoms with van der Waals surface area (Å²) in [6.45, 7) is 7.14. The van der Waals surface area contributed by atoms with Gasteiger partial charge in [0.05, 0.1) is 0 Å². The summed E-state index contributed by atoms with van der Waals surface area (Å²) in [7, 11) is 0. The van der Waals surface area contributed by atoms with Crippen molar-refractivity contribution in [3.8, 4) is 0 Å². The molecule has 21 heavy (non-hydrogen) atoms. The molecule has 0 amide bonds. The molecule has 0 aromatic heterocycles. The minimum atomic E-state index is 0.118. The van der Waals surface area contributed by atoms with Gasteiger partial charge in [0.2, 0.25) is 0 Å². The van der Waals surface area contributed by atoms with Crippen LogP contribution in [0.5, 0.6) is 0 Å². The van der Waals surface area contributed by atoms with E-state index in [1.165, 1.54) is 15.3 Å². The van der Waals surface area contributed by atoms with E-state index in [0.717, 1.165) is 13.0 Å². The van der Waals surface area contributed by atoms with Gasteiger partial charge in [-0.2, -0.15) is 0 Å². The fourth-order valence-electron chi connectivity index (χ4n) is 2.17. The molecule has 1 unspecified atom stereocenters. The summed E-state index contributed by atoms with van der Waals surface area (Å²) >= 11 is 0.489. The van der Waals surface area contributed by atoms with Gasteiger partial charge in [-0.1, -0.05) is 0 Å². The zero-order chi connectivity index (χ0) is 15.0. The van der Waals surface area contributed by atoms with Crippen molar-refractivity contribution in [1.29, 1.82) is 0 Å². The molecule has 0 aliphatic heterocycles. The van der Waals surface area contributed by atoms with E-state index in [-0.39, 0.29) is 5.54 Å². The van der Waals surface area contributed by atoms with Crippen LogP contribution >= 0.6 is 0 Å². The quantitative estimate of drug-likeness (QED) is 0.570. The standard InChI is InChI=1S/C19H23NSe/c1-3-14-19(2,16-21-18-12-8-5-9-13-18)20-15-17-10-6-4-7-11-17/h3-13,20H,1,14-16H2,2H3. The molecule has 0 bridgehead atoms. The Hall–Kier alpha value is -1.34. The zero-order valence-corrected chi connectivity index (χ0v) is 14.3. The van der Waals surface area contributed by atoms with Gasteiger partial charge in [0.25, 0.3) is 0 Å². The van der Waals surface area contributed by atoms with Gasteiger partial charge >= 0.3 is 134 Å². The second kappa shape index (κ2) is 8.19. The van der Waals surface area contributed by atoms with Crippen LogP contribution in [-0.2, 0) is 6.54 Å². The van der Waals surface area contributed by atoms with E-state index in [9.17, 15) is 0 Å². The molecule has 110 valence electrons. The average molecular weight is 344 g/mol. The Kier molecular flexibility index (Phi) is 6.25. The number of rotatable bonds is 8. The topological polar surface area (TPSA) is 12.0 Å². The van der Waals surface area contributed by atoms with Crippen molar-refractivity contribution in [2.45, 2.75) is 30.7 Å². The van der Waals surface area contributed by atoms with E-state index in [2.05, 4.69) is 79.5 Å². The first-order chi connectivity index (χ1) is 10.2. The maximum absolute atomic E-state index is 3.92. The van der Waals surface area contributed by atoms with Crippen molar-refractivity contribution in [2.24, 2.45) is 0 Å². The van der Waals surface area contributed by atoms with E-state index in [1.807, 2.05) is 6.08 Å². The molecule has 2 rings (SSSR count). The van der Waals surface area contributed by atoms with E-state index >= 15 is 0 Å². The summed E-state index contributed by atoms with van der Waals surface area (Å²) in [6, 6.07) is 21.4. The van der Waals surface area contributed by atoms with Crippen LogP contribution < -0.4 is 9.78 Å². The fraction of sp³-hybridized carbons (Fsp3) is 0.263. The molecule has 0 saturated carbocycles. The normalized spacial score (nSPS) is 13.6. The molecule has 2 heteroatoms.